The van der Waals surface area contributed by atoms with Gasteiger partial charge < -0.3 is 19.5 Å². The summed E-state index contributed by atoms with van der Waals surface area (Å²) in [5.74, 6) is 2.43. The Bertz CT molecular complexity index is 1180. The maximum Gasteiger partial charge on any atom is 0.411 e. The number of fused-ring (bicyclic) bond motifs is 3. The van der Waals surface area contributed by atoms with Crippen LogP contribution in [0.1, 0.15) is 37.5 Å². The van der Waals surface area contributed by atoms with Crippen LogP contribution in [0.2, 0.25) is 0 Å². The summed E-state index contributed by atoms with van der Waals surface area (Å²) in [4.78, 5) is 30.5. The van der Waals surface area contributed by atoms with Crippen LogP contribution >= 0.6 is 0 Å². The van der Waals surface area contributed by atoms with E-state index in [0.29, 0.717) is 24.8 Å². The van der Waals surface area contributed by atoms with Crippen molar-refractivity contribution in [2.45, 2.75) is 58.0 Å². The minimum Gasteiger partial charge on any atom is -0.454 e. The molecular weight excluding hydrogens is 458 g/mol. The molecule has 1 N–H and O–H groups in total. The molecule has 3 aliphatic heterocycles. The minimum absolute atomic E-state index is 0.0860. The predicted molar refractivity (Wildman–Crippen MR) is 132 cm³/mol. The van der Waals surface area contributed by atoms with Crippen molar-refractivity contribution in [3.05, 3.63) is 59.2 Å². The first-order valence-electron chi connectivity index (χ1n) is 12.7. The lowest BCUT2D eigenvalue weighted by atomic mass is 9.93. The zero-order chi connectivity index (χ0) is 25.0. The largest absolute Gasteiger partial charge is 0.454 e. The molecule has 2 fully saturated rings. The number of nitrogens with one attached hydrogen (secondary N) is 1. The molecule has 36 heavy (non-hydrogen) atoms. The summed E-state index contributed by atoms with van der Waals surface area (Å²) < 4.78 is 16.6. The molecule has 0 radical (unpaired) electrons. The second-order valence-electron chi connectivity index (χ2n) is 11.3. The van der Waals surface area contributed by atoms with Gasteiger partial charge in [-0.15, -0.1) is 0 Å². The summed E-state index contributed by atoms with van der Waals surface area (Å²) in [6, 6.07) is 13.7. The van der Waals surface area contributed by atoms with Crippen LogP contribution in [0.15, 0.2) is 42.5 Å². The van der Waals surface area contributed by atoms with Gasteiger partial charge in [0.25, 0.3) is 0 Å². The second kappa shape index (κ2) is 8.69. The van der Waals surface area contributed by atoms with E-state index in [4.69, 9.17) is 14.2 Å². The molecule has 1 saturated heterocycles. The number of rotatable bonds is 4. The number of nitrogens with zero attached hydrogens (tertiary/aromatic N) is 2. The van der Waals surface area contributed by atoms with Crippen molar-refractivity contribution >= 4 is 12.0 Å². The molecule has 0 bridgehead atoms. The van der Waals surface area contributed by atoms with E-state index >= 15 is 0 Å². The zero-order valence-electron chi connectivity index (χ0n) is 21.0. The number of benzene rings is 2. The Kier molecular flexibility index (Phi) is 5.59. The lowest BCUT2D eigenvalue weighted by molar-refractivity contribution is -0.127. The van der Waals surface area contributed by atoms with E-state index in [1.165, 1.54) is 5.56 Å². The Hall–Kier alpha value is -3.26. The standard InChI is InChI=1S/C28H33N3O5/c1-28(2,3)36-27(33)31-13-19-7-5-4-6-18(19)11-22(31)26(32)29-25-20-14-30(15-21(20)25)12-17-8-9-23-24(10-17)35-16-34-23/h4-10,20-22,25H,11-16H2,1-3H3,(H,29,32). The Morgan fingerprint density at radius 1 is 1.03 bits per heavy atom. The van der Waals surface area contributed by atoms with Gasteiger partial charge in [-0.3, -0.25) is 14.6 Å². The average Bonchev–Trinajstić information content (AvgIpc) is 3.19. The van der Waals surface area contributed by atoms with Gasteiger partial charge in [0.2, 0.25) is 12.7 Å². The maximum atomic E-state index is 13.5. The van der Waals surface area contributed by atoms with Crippen LogP contribution in [0.5, 0.6) is 11.5 Å². The summed E-state index contributed by atoms with van der Waals surface area (Å²) in [6.07, 6.45) is 0.0579. The van der Waals surface area contributed by atoms with E-state index in [1.54, 1.807) is 4.90 Å². The van der Waals surface area contributed by atoms with E-state index in [1.807, 2.05) is 51.1 Å². The Morgan fingerprint density at radius 2 is 1.75 bits per heavy atom. The summed E-state index contributed by atoms with van der Waals surface area (Å²) in [6.45, 7) is 8.96. The van der Waals surface area contributed by atoms with Crippen molar-refractivity contribution in [3.63, 3.8) is 0 Å². The fraction of sp³-hybridized carbons (Fsp3) is 0.500. The molecule has 3 atom stereocenters. The highest BCUT2D eigenvalue weighted by atomic mass is 16.7. The SMILES string of the molecule is CC(C)(C)OC(=O)N1Cc2ccccc2CC1C(=O)NC1C2CN(Cc3ccc4c(c3)OCO4)CC21. The summed E-state index contributed by atoms with van der Waals surface area (Å²) in [5.41, 5.74) is 2.76. The molecule has 3 heterocycles. The van der Waals surface area contributed by atoms with Crippen LogP contribution in [-0.4, -0.2) is 59.4 Å². The van der Waals surface area contributed by atoms with Gasteiger partial charge in [-0.05, 0) is 61.4 Å². The van der Waals surface area contributed by atoms with Crippen molar-refractivity contribution in [1.29, 1.82) is 0 Å². The van der Waals surface area contributed by atoms with E-state index in [2.05, 4.69) is 22.3 Å². The summed E-state index contributed by atoms with van der Waals surface area (Å²) in [5, 5.41) is 3.27. The first kappa shape index (κ1) is 23.2. The van der Waals surface area contributed by atoms with E-state index in [-0.39, 0.29) is 18.7 Å². The Labute approximate surface area is 211 Å². The van der Waals surface area contributed by atoms with Gasteiger partial charge in [0.15, 0.2) is 11.5 Å². The van der Waals surface area contributed by atoms with Crippen molar-refractivity contribution in [2.75, 3.05) is 19.9 Å². The Morgan fingerprint density at radius 3 is 2.50 bits per heavy atom. The highest BCUT2D eigenvalue weighted by Crippen LogP contribution is 2.46. The molecule has 2 amide bonds. The van der Waals surface area contributed by atoms with Crippen LogP contribution in [0.25, 0.3) is 0 Å². The third kappa shape index (κ3) is 4.50. The number of piperidine rings is 1. The molecule has 1 aliphatic carbocycles. The monoisotopic (exact) mass is 491 g/mol. The third-order valence-corrected chi connectivity index (χ3v) is 7.60. The van der Waals surface area contributed by atoms with Gasteiger partial charge in [0.05, 0.1) is 6.54 Å². The fourth-order valence-corrected chi connectivity index (χ4v) is 5.78. The highest BCUT2D eigenvalue weighted by Gasteiger charge is 2.56. The van der Waals surface area contributed by atoms with Gasteiger partial charge in [-0.25, -0.2) is 4.79 Å². The normalized spacial score (nSPS) is 26.2. The molecule has 1 saturated carbocycles. The molecule has 3 unspecified atom stereocenters. The van der Waals surface area contributed by atoms with E-state index in [9.17, 15) is 9.59 Å². The van der Waals surface area contributed by atoms with Gasteiger partial charge in [-0.1, -0.05) is 30.3 Å². The molecule has 6 rings (SSSR count). The molecule has 0 aromatic heterocycles. The second-order valence-corrected chi connectivity index (χ2v) is 11.3. The van der Waals surface area contributed by atoms with E-state index in [0.717, 1.165) is 42.3 Å². The Balaban J connectivity index is 1.08. The van der Waals surface area contributed by atoms with Crippen molar-refractivity contribution in [1.82, 2.24) is 15.1 Å². The van der Waals surface area contributed by atoms with Gasteiger partial charge in [-0.2, -0.15) is 0 Å². The number of likely N-dealkylation sites (tertiary alicyclic amines) is 1. The van der Waals surface area contributed by atoms with Gasteiger partial charge >= 0.3 is 6.09 Å². The lowest BCUT2D eigenvalue weighted by Gasteiger charge is -2.37. The number of amides is 2. The van der Waals surface area contributed by atoms with E-state index < -0.39 is 17.7 Å². The predicted octanol–water partition coefficient (Wildman–Crippen LogP) is 3.32. The smallest absolute Gasteiger partial charge is 0.411 e. The van der Waals surface area contributed by atoms with Gasteiger partial charge in [0, 0.05) is 32.1 Å². The molecule has 4 aliphatic rings. The van der Waals surface area contributed by atoms with Crippen molar-refractivity contribution < 1.29 is 23.8 Å². The minimum atomic E-state index is -0.621. The van der Waals surface area contributed by atoms with Crippen LogP contribution in [0.4, 0.5) is 4.79 Å². The van der Waals surface area contributed by atoms with Crippen LogP contribution in [0, 0.1) is 11.8 Å². The molecule has 2 aromatic rings. The van der Waals surface area contributed by atoms with Crippen LogP contribution < -0.4 is 14.8 Å². The highest BCUT2D eigenvalue weighted by molar-refractivity contribution is 5.87. The zero-order valence-corrected chi connectivity index (χ0v) is 21.0. The molecular formula is C28H33N3O5. The van der Waals surface area contributed by atoms with Gasteiger partial charge in [0.1, 0.15) is 11.6 Å². The fourth-order valence-electron chi connectivity index (χ4n) is 5.78. The molecule has 8 heteroatoms. The topological polar surface area (TPSA) is 80.3 Å². The van der Waals surface area contributed by atoms with Crippen molar-refractivity contribution in [3.8, 4) is 11.5 Å². The summed E-state index contributed by atoms with van der Waals surface area (Å²) >= 11 is 0. The summed E-state index contributed by atoms with van der Waals surface area (Å²) in [7, 11) is 0. The molecule has 190 valence electrons. The average molecular weight is 492 g/mol. The van der Waals surface area contributed by atoms with Crippen molar-refractivity contribution in [2.24, 2.45) is 11.8 Å². The number of carbonyl (C=O) groups excluding carboxylic acids is 2. The number of hydrogen-bond acceptors (Lipinski definition) is 6. The maximum absolute atomic E-state index is 13.5. The number of hydrogen-bond donors (Lipinski definition) is 1. The third-order valence-electron chi connectivity index (χ3n) is 7.60. The molecule has 0 spiro atoms. The van der Waals surface area contributed by atoms with Crippen LogP contribution in [0.3, 0.4) is 0 Å². The molecule has 8 nitrogen and oxygen atoms in total. The number of carbonyl (C=O) groups is 2. The quantitative estimate of drug-likeness (QED) is 0.707. The number of ether oxygens (including phenoxy) is 3. The van der Waals surface area contributed by atoms with Crippen LogP contribution in [-0.2, 0) is 29.0 Å². The molecule has 2 aromatic carbocycles. The first-order valence-corrected chi connectivity index (χ1v) is 12.7. The first-order chi connectivity index (χ1) is 17.2. The lowest BCUT2D eigenvalue weighted by Crippen LogP contribution is -2.54.